The molecule has 158 valence electrons. The van der Waals surface area contributed by atoms with E-state index < -0.39 is 29.3 Å². The lowest BCUT2D eigenvalue weighted by atomic mass is 10.1. The number of hydrogen-bond acceptors (Lipinski definition) is 6. The van der Waals surface area contributed by atoms with E-state index in [1.165, 1.54) is 12.1 Å². The highest BCUT2D eigenvalue weighted by Gasteiger charge is 2.25. The lowest BCUT2D eigenvalue weighted by Gasteiger charge is -2.22. The van der Waals surface area contributed by atoms with Crippen LogP contribution in [0.2, 0.25) is 0 Å². The molecule has 0 aliphatic carbocycles. The van der Waals surface area contributed by atoms with E-state index in [9.17, 15) is 14.4 Å². The average Bonchev–Trinajstić information content (AvgIpc) is 2.59. The monoisotopic (exact) mass is 403 g/mol. The summed E-state index contributed by atoms with van der Waals surface area (Å²) < 4.78 is 15.9. The van der Waals surface area contributed by atoms with Crippen LogP contribution in [-0.4, -0.2) is 23.7 Å². The molecule has 0 aliphatic rings. The number of esters is 1. The standard InChI is InChI=1S/C22H29NO6/c1-6-8-14-12-19(24)28-18-13-15(10-11-16(14)18)27-20(25)17(9-7-2)23-21(26)29-22(3,4)5/h10-13,17H,6-9H2,1-5H3,(H,23,26)/t17-/m0/s1. The van der Waals surface area contributed by atoms with E-state index in [4.69, 9.17) is 13.9 Å². The lowest BCUT2D eigenvalue weighted by Crippen LogP contribution is -2.45. The van der Waals surface area contributed by atoms with Crippen molar-refractivity contribution >= 4 is 23.0 Å². The lowest BCUT2D eigenvalue weighted by molar-refractivity contribution is -0.137. The van der Waals surface area contributed by atoms with Gasteiger partial charge in [0.15, 0.2) is 0 Å². The summed E-state index contributed by atoms with van der Waals surface area (Å²) in [6.45, 7) is 9.17. The minimum absolute atomic E-state index is 0.242. The highest BCUT2D eigenvalue weighted by atomic mass is 16.6. The predicted octanol–water partition coefficient (Wildman–Crippen LogP) is 4.34. The van der Waals surface area contributed by atoms with Gasteiger partial charge in [-0.2, -0.15) is 0 Å². The Bertz CT molecular complexity index is 925. The van der Waals surface area contributed by atoms with Gasteiger partial charge in [-0.05, 0) is 51.3 Å². The van der Waals surface area contributed by atoms with Gasteiger partial charge in [0.25, 0.3) is 0 Å². The molecule has 2 rings (SSSR count). The number of amides is 1. The molecule has 0 fully saturated rings. The van der Waals surface area contributed by atoms with Crippen molar-refractivity contribution in [1.82, 2.24) is 5.32 Å². The van der Waals surface area contributed by atoms with Crippen LogP contribution in [0.15, 0.2) is 33.5 Å². The molecule has 0 saturated carbocycles. The van der Waals surface area contributed by atoms with E-state index >= 15 is 0 Å². The third-order valence-corrected chi connectivity index (χ3v) is 4.09. The van der Waals surface area contributed by atoms with Crippen molar-refractivity contribution in [2.45, 2.75) is 71.9 Å². The maximum Gasteiger partial charge on any atom is 0.408 e. The second-order valence-corrected chi connectivity index (χ2v) is 7.91. The summed E-state index contributed by atoms with van der Waals surface area (Å²) in [7, 11) is 0. The molecule has 0 spiro atoms. The summed E-state index contributed by atoms with van der Waals surface area (Å²) >= 11 is 0. The van der Waals surface area contributed by atoms with Gasteiger partial charge in [0, 0.05) is 17.5 Å². The molecule has 29 heavy (non-hydrogen) atoms. The third-order valence-electron chi connectivity index (χ3n) is 4.09. The molecule has 1 heterocycles. The predicted molar refractivity (Wildman–Crippen MR) is 110 cm³/mol. The molecule has 1 atom stereocenters. The zero-order valence-electron chi connectivity index (χ0n) is 17.7. The van der Waals surface area contributed by atoms with Crippen LogP contribution in [0.3, 0.4) is 0 Å². The summed E-state index contributed by atoms with van der Waals surface area (Å²) in [5.41, 5.74) is 0.141. The largest absolute Gasteiger partial charge is 0.444 e. The van der Waals surface area contributed by atoms with E-state index in [0.717, 1.165) is 23.8 Å². The van der Waals surface area contributed by atoms with Crippen LogP contribution in [0.1, 0.15) is 59.4 Å². The first-order valence-electron chi connectivity index (χ1n) is 9.91. The molecule has 0 radical (unpaired) electrons. The van der Waals surface area contributed by atoms with Crippen molar-refractivity contribution in [1.29, 1.82) is 0 Å². The SMILES string of the molecule is CCCc1cc(=O)oc2cc(OC(=O)[C@H](CCC)NC(=O)OC(C)(C)C)ccc12. The van der Waals surface area contributed by atoms with Crippen LogP contribution < -0.4 is 15.7 Å². The van der Waals surface area contributed by atoms with Gasteiger partial charge in [-0.25, -0.2) is 14.4 Å². The first-order chi connectivity index (χ1) is 13.6. The van der Waals surface area contributed by atoms with E-state index in [1.807, 2.05) is 13.8 Å². The number of ether oxygens (including phenoxy) is 2. The minimum atomic E-state index is -0.844. The highest BCUT2D eigenvalue weighted by Crippen LogP contribution is 2.24. The number of aryl methyl sites for hydroxylation is 1. The molecule has 7 nitrogen and oxygen atoms in total. The summed E-state index contributed by atoms with van der Waals surface area (Å²) in [6, 6.07) is 5.57. The summed E-state index contributed by atoms with van der Waals surface area (Å²) in [5, 5.41) is 3.37. The molecular formula is C22H29NO6. The Morgan fingerprint density at radius 2 is 1.86 bits per heavy atom. The van der Waals surface area contributed by atoms with Crippen LogP contribution in [-0.2, 0) is 16.0 Å². The molecule has 2 aromatic rings. The van der Waals surface area contributed by atoms with Crippen LogP contribution in [0.4, 0.5) is 4.79 Å². The Morgan fingerprint density at radius 1 is 1.14 bits per heavy atom. The molecule has 1 N–H and O–H groups in total. The van der Waals surface area contributed by atoms with Crippen molar-refractivity contribution in [3.8, 4) is 5.75 Å². The minimum Gasteiger partial charge on any atom is -0.444 e. The van der Waals surface area contributed by atoms with Crippen molar-refractivity contribution in [2.24, 2.45) is 0 Å². The average molecular weight is 403 g/mol. The normalized spacial score (nSPS) is 12.4. The molecule has 7 heteroatoms. The van der Waals surface area contributed by atoms with E-state index in [2.05, 4.69) is 5.32 Å². The molecule has 1 amide bonds. The van der Waals surface area contributed by atoms with Gasteiger partial charge in [-0.15, -0.1) is 0 Å². The molecule has 1 aromatic carbocycles. The fourth-order valence-corrected chi connectivity index (χ4v) is 2.92. The molecule has 0 saturated heterocycles. The Morgan fingerprint density at radius 3 is 2.48 bits per heavy atom. The van der Waals surface area contributed by atoms with Crippen molar-refractivity contribution in [3.05, 3.63) is 40.2 Å². The molecular weight excluding hydrogens is 374 g/mol. The maximum atomic E-state index is 12.6. The zero-order chi connectivity index (χ0) is 21.6. The summed E-state index contributed by atoms with van der Waals surface area (Å²) in [4.78, 5) is 36.4. The third kappa shape index (κ3) is 6.62. The van der Waals surface area contributed by atoms with Crippen molar-refractivity contribution in [3.63, 3.8) is 0 Å². The van der Waals surface area contributed by atoms with Gasteiger partial charge >= 0.3 is 17.7 Å². The smallest absolute Gasteiger partial charge is 0.408 e. The van der Waals surface area contributed by atoms with Crippen LogP contribution in [0.25, 0.3) is 11.0 Å². The Hall–Kier alpha value is -2.83. The van der Waals surface area contributed by atoms with Crippen LogP contribution in [0, 0.1) is 0 Å². The van der Waals surface area contributed by atoms with Crippen LogP contribution in [0.5, 0.6) is 5.75 Å². The van der Waals surface area contributed by atoms with E-state index in [0.29, 0.717) is 18.4 Å². The summed E-state index contributed by atoms with van der Waals surface area (Å²) in [6.07, 6.45) is 2.04. The molecule has 0 aliphatic heterocycles. The molecule has 1 aromatic heterocycles. The van der Waals surface area contributed by atoms with Gasteiger partial charge in [0.1, 0.15) is 23.0 Å². The van der Waals surface area contributed by atoms with Gasteiger partial charge in [-0.1, -0.05) is 26.7 Å². The van der Waals surface area contributed by atoms with E-state index in [1.54, 1.807) is 32.9 Å². The number of hydrogen-bond donors (Lipinski definition) is 1. The Labute approximate surface area is 170 Å². The first kappa shape index (κ1) is 22.5. The number of nitrogens with one attached hydrogen (secondary N) is 1. The number of carbonyl (C=O) groups excluding carboxylic acids is 2. The molecule has 0 unspecified atom stereocenters. The first-order valence-corrected chi connectivity index (χ1v) is 9.91. The maximum absolute atomic E-state index is 12.6. The second kappa shape index (κ2) is 9.58. The number of fused-ring (bicyclic) bond motifs is 1. The Balaban J connectivity index is 2.19. The zero-order valence-corrected chi connectivity index (χ0v) is 17.7. The van der Waals surface area contributed by atoms with Crippen LogP contribution >= 0.6 is 0 Å². The van der Waals surface area contributed by atoms with Gasteiger partial charge in [0.05, 0.1) is 0 Å². The van der Waals surface area contributed by atoms with Gasteiger partial charge in [-0.3, -0.25) is 0 Å². The second-order valence-electron chi connectivity index (χ2n) is 7.91. The number of alkyl carbamates (subject to hydrolysis) is 1. The topological polar surface area (TPSA) is 94.8 Å². The Kier molecular flexibility index (Phi) is 7.42. The van der Waals surface area contributed by atoms with Crippen molar-refractivity contribution < 1.29 is 23.5 Å². The fourth-order valence-electron chi connectivity index (χ4n) is 2.92. The quantitative estimate of drug-likeness (QED) is 0.420. The number of benzene rings is 1. The summed E-state index contributed by atoms with van der Waals surface area (Å²) in [5.74, 6) is -0.365. The number of rotatable bonds is 7. The highest BCUT2D eigenvalue weighted by molar-refractivity contribution is 5.85. The van der Waals surface area contributed by atoms with E-state index in [-0.39, 0.29) is 5.75 Å². The van der Waals surface area contributed by atoms with Gasteiger partial charge in [0.2, 0.25) is 0 Å². The molecule has 0 bridgehead atoms. The van der Waals surface area contributed by atoms with Crippen molar-refractivity contribution in [2.75, 3.05) is 0 Å². The fraction of sp³-hybridized carbons (Fsp3) is 0.500. The van der Waals surface area contributed by atoms with Gasteiger partial charge < -0.3 is 19.2 Å². The number of carbonyl (C=O) groups is 2.